The first-order valence-electron chi connectivity index (χ1n) is 10.9. The summed E-state index contributed by atoms with van der Waals surface area (Å²) in [5.74, 6) is -1.14. The van der Waals surface area contributed by atoms with Crippen LogP contribution in [0.25, 0.3) is 0 Å². The highest BCUT2D eigenvalue weighted by atomic mass is 35.5. The number of benzene rings is 2. The van der Waals surface area contributed by atoms with Crippen molar-refractivity contribution >= 4 is 44.9 Å². The lowest BCUT2D eigenvalue weighted by Gasteiger charge is -2.33. The minimum Gasteiger partial charge on any atom is -0.355 e. The van der Waals surface area contributed by atoms with Crippen LogP contribution in [-0.2, 0) is 26.2 Å². The fourth-order valence-corrected chi connectivity index (χ4v) is 4.55. The molecule has 1 N–H and O–H groups in total. The van der Waals surface area contributed by atoms with Crippen molar-refractivity contribution in [3.05, 3.63) is 64.7 Å². The van der Waals surface area contributed by atoms with Gasteiger partial charge in [0.2, 0.25) is 21.8 Å². The Bertz CT molecular complexity index is 1150. The van der Waals surface area contributed by atoms with Crippen molar-refractivity contribution in [3.8, 4) is 0 Å². The normalized spacial score (nSPS) is 12.0. The lowest BCUT2D eigenvalue weighted by molar-refractivity contribution is -0.140. The average molecular weight is 508 g/mol. The monoisotopic (exact) mass is 507 g/mol. The Morgan fingerprint density at radius 3 is 2.29 bits per heavy atom. The van der Waals surface area contributed by atoms with Crippen LogP contribution in [0, 0.1) is 0 Å². The van der Waals surface area contributed by atoms with Gasteiger partial charge < -0.3 is 10.2 Å². The number of hydrogen-bond acceptors (Lipinski definition) is 5. The first kappa shape index (κ1) is 27.3. The Morgan fingerprint density at radius 1 is 1.06 bits per heavy atom. The third-order valence-corrected chi connectivity index (χ3v) is 6.76. The van der Waals surface area contributed by atoms with Gasteiger partial charge in [0, 0.05) is 23.7 Å². The van der Waals surface area contributed by atoms with Crippen LogP contribution in [0.3, 0.4) is 0 Å². The molecular formula is C24H30ClN3O5S. The van der Waals surface area contributed by atoms with Gasteiger partial charge in [-0.3, -0.25) is 18.7 Å². The summed E-state index contributed by atoms with van der Waals surface area (Å²) in [6.45, 7) is 4.80. The molecule has 0 saturated heterocycles. The molecule has 10 heteroatoms. The Morgan fingerprint density at radius 2 is 1.74 bits per heavy atom. The number of sulfonamides is 1. The van der Waals surface area contributed by atoms with E-state index in [1.165, 1.54) is 24.0 Å². The molecule has 0 aliphatic carbocycles. The van der Waals surface area contributed by atoms with Gasteiger partial charge in [-0.25, -0.2) is 8.42 Å². The number of anilines is 1. The second-order valence-corrected chi connectivity index (χ2v) is 10.1. The number of nitrogens with one attached hydrogen (secondary N) is 1. The van der Waals surface area contributed by atoms with Crippen LogP contribution in [0.15, 0.2) is 48.5 Å². The first-order chi connectivity index (χ1) is 16.0. The van der Waals surface area contributed by atoms with Gasteiger partial charge in [-0.1, -0.05) is 48.9 Å². The van der Waals surface area contributed by atoms with Crippen LogP contribution in [0.1, 0.15) is 43.1 Å². The standard InChI is InChI=1S/C24H30ClN3O5S/c1-5-22(24(31)26-6-2)27(15-19-10-7-8-13-21(19)25)23(30)16-28(34(4,32)33)20-12-9-11-18(14-20)17(3)29/h7-14,22H,5-6,15-16H2,1-4H3,(H,26,31)/t22-/m0/s1. The number of halogens is 1. The van der Waals surface area contributed by atoms with Crippen molar-refractivity contribution in [1.82, 2.24) is 10.2 Å². The van der Waals surface area contributed by atoms with Crippen LogP contribution in [0.4, 0.5) is 5.69 Å². The van der Waals surface area contributed by atoms with E-state index in [0.717, 1.165) is 10.6 Å². The van der Waals surface area contributed by atoms with Gasteiger partial charge in [0.25, 0.3) is 0 Å². The molecule has 1 atom stereocenters. The Labute approximate surface area is 205 Å². The maximum Gasteiger partial charge on any atom is 0.244 e. The van der Waals surface area contributed by atoms with Gasteiger partial charge in [-0.05, 0) is 44.0 Å². The van der Waals surface area contributed by atoms with Crippen molar-refractivity contribution in [2.75, 3.05) is 23.7 Å². The highest BCUT2D eigenvalue weighted by Gasteiger charge is 2.32. The molecule has 2 amide bonds. The summed E-state index contributed by atoms with van der Waals surface area (Å²) < 4.78 is 26.2. The fourth-order valence-electron chi connectivity index (χ4n) is 3.52. The number of carbonyl (C=O) groups excluding carboxylic acids is 3. The van der Waals surface area contributed by atoms with Crippen molar-refractivity contribution in [2.24, 2.45) is 0 Å². The molecule has 0 heterocycles. The fraction of sp³-hybridized carbons (Fsp3) is 0.375. The Balaban J connectivity index is 2.48. The molecule has 0 spiro atoms. The van der Waals surface area contributed by atoms with E-state index in [1.54, 1.807) is 50.2 Å². The predicted molar refractivity (Wildman–Crippen MR) is 133 cm³/mol. The van der Waals surface area contributed by atoms with E-state index in [4.69, 9.17) is 11.6 Å². The van der Waals surface area contributed by atoms with E-state index in [9.17, 15) is 22.8 Å². The molecule has 0 bridgehead atoms. The first-order valence-corrected chi connectivity index (χ1v) is 13.1. The quantitative estimate of drug-likeness (QED) is 0.470. The van der Waals surface area contributed by atoms with Crippen molar-refractivity contribution < 1.29 is 22.8 Å². The summed E-state index contributed by atoms with van der Waals surface area (Å²) in [5.41, 5.74) is 1.14. The molecule has 2 aromatic carbocycles. The largest absolute Gasteiger partial charge is 0.355 e. The summed E-state index contributed by atoms with van der Waals surface area (Å²) in [5, 5.41) is 3.16. The zero-order valence-corrected chi connectivity index (χ0v) is 21.3. The van der Waals surface area contributed by atoms with Gasteiger partial charge in [0.15, 0.2) is 5.78 Å². The summed E-state index contributed by atoms with van der Waals surface area (Å²) in [6.07, 6.45) is 1.31. The molecular weight excluding hydrogens is 478 g/mol. The van der Waals surface area contributed by atoms with Crippen molar-refractivity contribution in [2.45, 2.75) is 39.8 Å². The third kappa shape index (κ3) is 7.04. The minimum absolute atomic E-state index is 0.0270. The zero-order valence-electron chi connectivity index (χ0n) is 19.7. The van der Waals surface area contributed by atoms with Crippen LogP contribution in [0.5, 0.6) is 0 Å². The van der Waals surface area contributed by atoms with Crippen LogP contribution in [0.2, 0.25) is 5.02 Å². The molecule has 0 aliphatic rings. The molecule has 34 heavy (non-hydrogen) atoms. The van der Waals surface area contributed by atoms with E-state index >= 15 is 0 Å². The van der Waals surface area contributed by atoms with Gasteiger partial charge in [-0.2, -0.15) is 0 Å². The SMILES string of the molecule is CCNC(=O)[C@H](CC)N(Cc1ccccc1Cl)C(=O)CN(c1cccc(C(C)=O)c1)S(C)(=O)=O. The van der Waals surface area contributed by atoms with Crippen LogP contribution >= 0.6 is 11.6 Å². The van der Waals surface area contributed by atoms with Crippen molar-refractivity contribution in [1.29, 1.82) is 0 Å². The molecule has 0 aromatic heterocycles. The number of ketones is 1. The molecule has 8 nitrogen and oxygen atoms in total. The molecule has 0 radical (unpaired) electrons. The number of carbonyl (C=O) groups is 3. The minimum atomic E-state index is -3.89. The van der Waals surface area contributed by atoms with Gasteiger partial charge >= 0.3 is 0 Å². The second-order valence-electron chi connectivity index (χ2n) is 7.81. The lowest BCUT2D eigenvalue weighted by Crippen LogP contribution is -2.52. The predicted octanol–water partition coefficient (Wildman–Crippen LogP) is 3.25. The summed E-state index contributed by atoms with van der Waals surface area (Å²) in [7, 11) is -3.89. The second kappa shape index (κ2) is 12.0. The number of rotatable bonds is 11. The van der Waals surface area contributed by atoms with Gasteiger partial charge in [-0.15, -0.1) is 0 Å². The maximum absolute atomic E-state index is 13.5. The molecule has 184 valence electrons. The summed E-state index contributed by atoms with van der Waals surface area (Å²) >= 11 is 6.31. The third-order valence-electron chi connectivity index (χ3n) is 5.26. The smallest absolute Gasteiger partial charge is 0.244 e. The summed E-state index contributed by atoms with van der Waals surface area (Å²) in [4.78, 5) is 39.5. The molecule has 2 rings (SSSR count). The lowest BCUT2D eigenvalue weighted by atomic mass is 10.1. The van der Waals surface area contributed by atoms with E-state index in [-0.39, 0.29) is 23.9 Å². The number of likely N-dealkylation sites (N-methyl/N-ethyl adjacent to an activating group) is 1. The van der Waals surface area contributed by atoms with Gasteiger partial charge in [0.05, 0.1) is 11.9 Å². The Hall–Kier alpha value is -2.91. The number of hydrogen-bond donors (Lipinski definition) is 1. The number of nitrogens with zero attached hydrogens (tertiary/aromatic N) is 2. The highest BCUT2D eigenvalue weighted by Crippen LogP contribution is 2.23. The summed E-state index contributed by atoms with van der Waals surface area (Å²) in [6, 6.07) is 12.2. The topological polar surface area (TPSA) is 104 Å². The average Bonchev–Trinajstić information content (AvgIpc) is 2.77. The van der Waals surface area contributed by atoms with Crippen molar-refractivity contribution in [3.63, 3.8) is 0 Å². The molecule has 0 aliphatic heterocycles. The molecule has 0 fully saturated rings. The molecule has 0 unspecified atom stereocenters. The number of Topliss-reactive ketones (excluding diaryl/α,β-unsaturated/α-hetero) is 1. The Kier molecular flexibility index (Phi) is 9.64. The molecule has 2 aromatic rings. The van der Waals surface area contributed by atoms with Crippen LogP contribution in [-0.4, -0.2) is 56.3 Å². The molecule has 0 saturated carbocycles. The van der Waals surface area contributed by atoms with E-state index in [1.807, 2.05) is 0 Å². The van der Waals surface area contributed by atoms with E-state index in [0.29, 0.717) is 29.1 Å². The van der Waals surface area contributed by atoms with E-state index < -0.39 is 28.5 Å². The number of amides is 2. The zero-order chi connectivity index (χ0) is 25.5. The highest BCUT2D eigenvalue weighted by molar-refractivity contribution is 7.92. The van der Waals surface area contributed by atoms with Crippen LogP contribution < -0.4 is 9.62 Å². The van der Waals surface area contributed by atoms with E-state index in [2.05, 4.69) is 5.32 Å². The maximum atomic E-state index is 13.5. The van der Waals surface area contributed by atoms with Gasteiger partial charge in [0.1, 0.15) is 12.6 Å².